The maximum absolute atomic E-state index is 11.5. The van der Waals surface area contributed by atoms with Crippen LogP contribution in [0.25, 0.3) is 0 Å². The summed E-state index contributed by atoms with van der Waals surface area (Å²) in [6.07, 6.45) is 3.05. The minimum absolute atomic E-state index is 0.136. The lowest BCUT2D eigenvalue weighted by molar-refractivity contribution is -0.117. The number of amides is 1. The van der Waals surface area contributed by atoms with E-state index < -0.39 is 0 Å². The fraction of sp³-hybridized carbons (Fsp3) is 0.444. The van der Waals surface area contributed by atoms with Crippen molar-refractivity contribution in [1.29, 1.82) is 0 Å². The molecule has 0 aliphatic carbocycles. The molecule has 0 N–H and O–H groups in total. The first-order chi connectivity index (χ1) is 6.33. The Bertz CT molecular complexity index is 337. The van der Waals surface area contributed by atoms with Crippen LogP contribution < -0.4 is 4.90 Å². The van der Waals surface area contributed by atoms with E-state index in [0.29, 0.717) is 6.42 Å². The molecular formula is C9H11N3O. The molecule has 1 aromatic heterocycles. The molecule has 0 saturated heterocycles. The van der Waals surface area contributed by atoms with E-state index in [0.717, 1.165) is 24.3 Å². The van der Waals surface area contributed by atoms with Crippen molar-refractivity contribution in [2.24, 2.45) is 0 Å². The van der Waals surface area contributed by atoms with Gasteiger partial charge in [-0.15, -0.1) is 5.10 Å². The highest BCUT2D eigenvalue weighted by molar-refractivity contribution is 5.99. The second kappa shape index (κ2) is 3.12. The summed E-state index contributed by atoms with van der Waals surface area (Å²) in [4.78, 5) is 13.2. The number of carbonyl (C=O) groups excluding carboxylic acids is 1. The third-order valence-corrected chi connectivity index (χ3v) is 2.13. The van der Waals surface area contributed by atoms with Crippen molar-refractivity contribution in [2.75, 3.05) is 11.4 Å². The normalized spacial score (nSPS) is 14.8. The van der Waals surface area contributed by atoms with Gasteiger partial charge in [0.1, 0.15) is 0 Å². The average Bonchev–Trinajstić information content (AvgIpc) is 2.44. The number of carbonyl (C=O) groups is 1. The second-order valence-corrected chi connectivity index (χ2v) is 3.10. The highest BCUT2D eigenvalue weighted by Gasteiger charge is 2.27. The Morgan fingerprint density at radius 3 is 3.23 bits per heavy atom. The van der Waals surface area contributed by atoms with E-state index in [1.165, 1.54) is 0 Å². The number of hydrogen-bond acceptors (Lipinski definition) is 3. The van der Waals surface area contributed by atoms with Gasteiger partial charge in [0.25, 0.3) is 0 Å². The zero-order valence-electron chi connectivity index (χ0n) is 7.53. The van der Waals surface area contributed by atoms with Crippen molar-refractivity contribution in [3.8, 4) is 0 Å². The predicted molar refractivity (Wildman–Crippen MR) is 48.4 cm³/mol. The largest absolute Gasteiger partial charge is 0.295 e. The minimum Gasteiger partial charge on any atom is -0.295 e. The van der Waals surface area contributed by atoms with Gasteiger partial charge in [0.05, 0.1) is 12.6 Å². The van der Waals surface area contributed by atoms with Crippen LogP contribution in [0.2, 0.25) is 0 Å². The maximum Gasteiger partial charge on any atom is 0.232 e. The van der Waals surface area contributed by atoms with Gasteiger partial charge in [-0.2, -0.15) is 5.10 Å². The fourth-order valence-electron chi connectivity index (χ4n) is 1.55. The summed E-state index contributed by atoms with van der Waals surface area (Å²) in [6.45, 7) is 2.78. The standard InChI is InChI=1S/C9H11N3O/c1-2-5-12-8(13)6-7-3-4-10-11-9(7)12/h3-4H,2,5-6H2,1H3. The minimum atomic E-state index is 0.136. The molecule has 1 aliphatic rings. The Labute approximate surface area is 76.6 Å². The zero-order valence-corrected chi connectivity index (χ0v) is 7.53. The van der Waals surface area contributed by atoms with Crippen molar-refractivity contribution in [2.45, 2.75) is 19.8 Å². The third kappa shape index (κ3) is 1.28. The van der Waals surface area contributed by atoms with Crippen LogP contribution in [0, 0.1) is 0 Å². The van der Waals surface area contributed by atoms with E-state index in [9.17, 15) is 4.79 Å². The molecule has 0 unspecified atom stereocenters. The van der Waals surface area contributed by atoms with Crippen molar-refractivity contribution in [3.63, 3.8) is 0 Å². The Hall–Kier alpha value is -1.45. The lowest BCUT2D eigenvalue weighted by Crippen LogP contribution is -2.28. The van der Waals surface area contributed by atoms with Crippen LogP contribution in [0.1, 0.15) is 18.9 Å². The molecule has 1 aliphatic heterocycles. The summed E-state index contributed by atoms with van der Waals surface area (Å²) < 4.78 is 0. The first-order valence-corrected chi connectivity index (χ1v) is 4.44. The molecule has 68 valence electrons. The third-order valence-electron chi connectivity index (χ3n) is 2.13. The van der Waals surface area contributed by atoms with Crippen molar-refractivity contribution < 1.29 is 4.79 Å². The quantitative estimate of drug-likeness (QED) is 0.670. The first kappa shape index (κ1) is 8.16. The second-order valence-electron chi connectivity index (χ2n) is 3.10. The molecule has 0 saturated carbocycles. The Morgan fingerprint density at radius 1 is 1.62 bits per heavy atom. The first-order valence-electron chi connectivity index (χ1n) is 4.44. The number of rotatable bonds is 2. The van der Waals surface area contributed by atoms with Crippen LogP contribution >= 0.6 is 0 Å². The Morgan fingerprint density at radius 2 is 2.46 bits per heavy atom. The molecule has 1 amide bonds. The lowest BCUT2D eigenvalue weighted by Gasteiger charge is -2.13. The van der Waals surface area contributed by atoms with Crippen LogP contribution in [-0.2, 0) is 11.2 Å². The van der Waals surface area contributed by atoms with E-state index >= 15 is 0 Å². The zero-order chi connectivity index (χ0) is 9.26. The van der Waals surface area contributed by atoms with E-state index in [2.05, 4.69) is 10.2 Å². The van der Waals surface area contributed by atoms with Crippen LogP contribution in [-0.4, -0.2) is 22.6 Å². The summed E-state index contributed by atoms with van der Waals surface area (Å²) in [5, 5.41) is 7.74. The summed E-state index contributed by atoms with van der Waals surface area (Å²) >= 11 is 0. The summed E-state index contributed by atoms with van der Waals surface area (Å²) in [5.74, 6) is 0.881. The highest BCUT2D eigenvalue weighted by Crippen LogP contribution is 2.24. The van der Waals surface area contributed by atoms with Gasteiger partial charge in [-0.3, -0.25) is 9.69 Å². The molecule has 0 bridgehead atoms. The van der Waals surface area contributed by atoms with Gasteiger partial charge in [0.2, 0.25) is 5.91 Å². The lowest BCUT2D eigenvalue weighted by atomic mass is 10.2. The topological polar surface area (TPSA) is 46.1 Å². The number of anilines is 1. The molecule has 0 aromatic carbocycles. The molecule has 2 heterocycles. The Balaban J connectivity index is 2.35. The molecule has 0 radical (unpaired) electrons. The molecular weight excluding hydrogens is 166 g/mol. The fourth-order valence-corrected chi connectivity index (χ4v) is 1.55. The van der Waals surface area contributed by atoms with E-state index in [-0.39, 0.29) is 5.91 Å². The van der Waals surface area contributed by atoms with E-state index in [1.807, 2.05) is 13.0 Å². The molecule has 4 nitrogen and oxygen atoms in total. The van der Waals surface area contributed by atoms with Gasteiger partial charge in [0, 0.05) is 12.1 Å². The molecule has 13 heavy (non-hydrogen) atoms. The Kier molecular flexibility index (Phi) is 1.96. The van der Waals surface area contributed by atoms with Gasteiger partial charge < -0.3 is 0 Å². The van der Waals surface area contributed by atoms with Gasteiger partial charge in [-0.25, -0.2) is 0 Å². The number of hydrogen-bond donors (Lipinski definition) is 0. The maximum atomic E-state index is 11.5. The van der Waals surface area contributed by atoms with Crippen LogP contribution in [0.15, 0.2) is 12.3 Å². The molecule has 1 aromatic rings. The summed E-state index contributed by atoms with van der Waals surface area (Å²) in [7, 11) is 0. The number of aromatic nitrogens is 2. The van der Waals surface area contributed by atoms with Gasteiger partial charge in [-0.05, 0) is 12.5 Å². The SMILES string of the molecule is CCCN1C(=O)Cc2ccnnc21. The van der Waals surface area contributed by atoms with E-state index in [1.54, 1.807) is 11.1 Å². The molecule has 0 atom stereocenters. The smallest absolute Gasteiger partial charge is 0.232 e. The highest BCUT2D eigenvalue weighted by atomic mass is 16.2. The van der Waals surface area contributed by atoms with Crippen LogP contribution in [0.5, 0.6) is 0 Å². The molecule has 4 heteroatoms. The van der Waals surface area contributed by atoms with Crippen LogP contribution in [0.3, 0.4) is 0 Å². The number of fused-ring (bicyclic) bond motifs is 1. The van der Waals surface area contributed by atoms with Crippen molar-refractivity contribution in [1.82, 2.24) is 10.2 Å². The average molecular weight is 177 g/mol. The van der Waals surface area contributed by atoms with Crippen molar-refractivity contribution in [3.05, 3.63) is 17.8 Å². The monoisotopic (exact) mass is 177 g/mol. The summed E-state index contributed by atoms with van der Waals surface area (Å²) in [6, 6.07) is 1.86. The molecule has 0 fully saturated rings. The van der Waals surface area contributed by atoms with Gasteiger partial charge in [0.15, 0.2) is 5.82 Å². The molecule has 2 rings (SSSR count). The predicted octanol–water partition coefficient (Wildman–Crippen LogP) is 0.776. The summed E-state index contributed by atoms with van der Waals surface area (Å²) in [5.41, 5.74) is 0.994. The molecule has 0 spiro atoms. The van der Waals surface area contributed by atoms with Gasteiger partial charge >= 0.3 is 0 Å². The number of nitrogens with zero attached hydrogens (tertiary/aromatic N) is 3. The van der Waals surface area contributed by atoms with Crippen molar-refractivity contribution >= 4 is 11.7 Å². The van der Waals surface area contributed by atoms with Gasteiger partial charge in [-0.1, -0.05) is 6.92 Å². The van der Waals surface area contributed by atoms with E-state index in [4.69, 9.17) is 0 Å². The van der Waals surface area contributed by atoms with Crippen LogP contribution in [0.4, 0.5) is 5.82 Å².